The first-order chi connectivity index (χ1) is 11.4. The summed E-state index contributed by atoms with van der Waals surface area (Å²) in [4.78, 5) is 24.5. The zero-order valence-corrected chi connectivity index (χ0v) is 14.5. The van der Waals surface area contributed by atoms with Gasteiger partial charge in [0.05, 0.1) is 18.9 Å². The molecule has 0 aliphatic carbocycles. The number of nitrogens with zero attached hydrogens (tertiary/aromatic N) is 2. The summed E-state index contributed by atoms with van der Waals surface area (Å²) in [6, 6.07) is 2.92. The number of rotatable bonds is 5. The van der Waals surface area contributed by atoms with Gasteiger partial charge in [-0.25, -0.2) is 4.79 Å². The number of carbonyl (C=O) groups excluding carboxylic acids is 2. The van der Waals surface area contributed by atoms with Crippen LogP contribution in [0.3, 0.4) is 0 Å². The highest BCUT2D eigenvalue weighted by Crippen LogP contribution is 2.22. The molecule has 0 radical (unpaired) electrons. The number of anilines is 1. The lowest BCUT2D eigenvalue weighted by molar-refractivity contribution is -0.118. The van der Waals surface area contributed by atoms with Gasteiger partial charge < -0.3 is 15.4 Å². The number of benzene rings is 1. The molecule has 0 aliphatic rings. The van der Waals surface area contributed by atoms with E-state index in [9.17, 15) is 9.59 Å². The van der Waals surface area contributed by atoms with E-state index in [2.05, 4.69) is 15.7 Å². The molecule has 7 heteroatoms. The number of carbonyl (C=O) groups is 2. The van der Waals surface area contributed by atoms with Crippen LogP contribution in [0.1, 0.15) is 33.1 Å². The van der Waals surface area contributed by atoms with Crippen molar-refractivity contribution in [2.24, 2.45) is 7.05 Å². The number of ether oxygens (including phenoxy) is 1. The Morgan fingerprint density at radius 3 is 2.54 bits per heavy atom. The topological polar surface area (TPSA) is 85.2 Å². The predicted molar refractivity (Wildman–Crippen MR) is 90.9 cm³/mol. The van der Waals surface area contributed by atoms with Gasteiger partial charge in [0.15, 0.2) is 0 Å². The van der Waals surface area contributed by atoms with Gasteiger partial charge in [0.2, 0.25) is 5.91 Å². The maximum Gasteiger partial charge on any atom is 0.338 e. The van der Waals surface area contributed by atoms with E-state index < -0.39 is 12.0 Å². The van der Waals surface area contributed by atoms with Crippen molar-refractivity contribution < 1.29 is 14.3 Å². The minimum Gasteiger partial charge on any atom is -0.465 e. The SMILES string of the molecule is CNC(C(=O)Nc1cc(C)c(C)c(C(=O)OC)c1)c1cnn(C)c1. The smallest absolute Gasteiger partial charge is 0.338 e. The number of aryl methyl sites for hydroxylation is 2. The number of hydrogen-bond donors (Lipinski definition) is 2. The minimum absolute atomic E-state index is 0.232. The van der Waals surface area contributed by atoms with E-state index in [1.54, 1.807) is 37.2 Å². The lowest BCUT2D eigenvalue weighted by Gasteiger charge is -2.16. The van der Waals surface area contributed by atoms with Crippen LogP contribution in [-0.2, 0) is 16.6 Å². The Morgan fingerprint density at radius 2 is 2.00 bits per heavy atom. The number of esters is 1. The molecule has 0 fully saturated rings. The van der Waals surface area contributed by atoms with Crippen LogP contribution in [0.25, 0.3) is 0 Å². The molecule has 2 N–H and O–H groups in total. The number of aromatic nitrogens is 2. The third-order valence-corrected chi connectivity index (χ3v) is 3.95. The van der Waals surface area contributed by atoms with E-state index in [1.807, 2.05) is 19.9 Å². The third kappa shape index (κ3) is 3.62. The van der Waals surface area contributed by atoms with E-state index >= 15 is 0 Å². The molecule has 1 unspecified atom stereocenters. The number of nitrogens with one attached hydrogen (secondary N) is 2. The summed E-state index contributed by atoms with van der Waals surface area (Å²) in [5.74, 6) is -0.659. The first-order valence-corrected chi connectivity index (χ1v) is 7.53. The summed E-state index contributed by atoms with van der Waals surface area (Å²) in [5, 5.41) is 9.90. The van der Waals surface area contributed by atoms with Gasteiger partial charge in [-0.05, 0) is 44.2 Å². The van der Waals surface area contributed by atoms with Crippen molar-refractivity contribution in [1.29, 1.82) is 0 Å². The highest BCUT2D eigenvalue weighted by atomic mass is 16.5. The average molecular weight is 330 g/mol. The first kappa shape index (κ1) is 17.7. The summed E-state index contributed by atoms with van der Waals surface area (Å²) in [5.41, 5.74) is 3.48. The molecule has 1 amide bonds. The van der Waals surface area contributed by atoms with E-state index in [-0.39, 0.29) is 5.91 Å². The highest BCUT2D eigenvalue weighted by Gasteiger charge is 2.21. The Kier molecular flexibility index (Phi) is 5.35. The van der Waals surface area contributed by atoms with Gasteiger partial charge in [-0.1, -0.05) is 0 Å². The number of methoxy groups -OCH3 is 1. The molecular formula is C17H22N4O3. The van der Waals surface area contributed by atoms with Crippen molar-refractivity contribution in [3.05, 3.63) is 46.8 Å². The summed E-state index contributed by atoms with van der Waals surface area (Å²) in [6.07, 6.45) is 3.42. The van der Waals surface area contributed by atoms with E-state index in [0.29, 0.717) is 11.3 Å². The normalized spacial score (nSPS) is 11.9. The number of amides is 1. The van der Waals surface area contributed by atoms with Gasteiger partial charge in [0.1, 0.15) is 6.04 Å². The highest BCUT2D eigenvalue weighted by molar-refractivity contribution is 5.98. The van der Waals surface area contributed by atoms with Crippen LogP contribution in [0.15, 0.2) is 24.5 Å². The largest absolute Gasteiger partial charge is 0.465 e. The second kappa shape index (κ2) is 7.27. The lowest BCUT2D eigenvalue weighted by atomic mass is 10.0. The molecule has 128 valence electrons. The van der Waals surface area contributed by atoms with Crippen LogP contribution in [0.4, 0.5) is 5.69 Å². The monoisotopic (exact) mass is 330 g/mol. The van der Waals surface area contributed by atoms with Gasteiger partial charge in [0, 0.05) is 24.5 Å². The summed E-state index contributed by atoms with van der Waals surface area (Å²) in [6.45, 7) is 3.73. The van der Waals surface area contributed by atoms with Gasteiger partial charge in [-0.3, -0.25) is 9.48 Å². The maximum absolute atomic E-state index is 12.6. The van der Waals surface area contributed by atoms with Gasteiger partial charge in [-0.15, -0.1) is 0 Å². The fourth-order valence-corrected chi connectivity index (χ4v) is 2.51. The molecule has 24 heavy (non-hydrogen) atoms. The first-order valence-electron chi connectivity index (χ1n) is 7.53. The Bertz CT molecular complexity index is 767. The van der Waals surface area contributed by atoms with Crippen molar-refractivity contribution in [3.63, 3.8) is 0 Å². The van der Waals surface area contributed by atoms with Crippen molar-refractivity contribution in [3.8, 4) is 0 Å². The quantitative estimate of drug-likeness (QED) is 0.816. The number of hydrogen-bond acceptors (Lipinski definition) is 5. The summed E-state index contributed by atoms with van der Waals surface area (Å²) >= 11 is 0. The number of likely N-dealkylation sites (N-methyl/N-ethyl adjacent to an activating group) is 1. The third-order valence-electron chi connectivity index (χ3n) is 3.95. The van der Waals surface area contributed by atoms with Crippen LogP contribution in [0.2, 0.25) is 0 Å². The van der Waals surface area contributed by atoms with Crippen molar-refractivity contribution in [2.45, 2.75) is 19.9 Å². The second-order valence-electron chi connectivity index (χ2n) is 5.62. The molecule has 0 saturated carbocycles. The molecule has 2 rings (SSSR count). The molecule has 0 aliphatic heterocycles. The molecule has 1 atom stereocenters. The Hall–Kier alpha value is -2.67. The Labute approximate surface area is 141 Å². The van der Waals surface area contributed by atoms with Crippen LogP contribution in [0, 0.1) is 13.8 Å². The van der Waals surface area contributed by atoms with Gasteiger partial charge in [0.25, 0.3) is 0 Å². The average Bonchev–Trinajstić information content (AvgIpc) is 2.96. The van der Waals surface area contributed by atoms with E-state index in [4.69, 9.17) is 4.74 Å². The summed E-state index contributed by atoms with van der Waals surface area (Å²) < 4.78 is 6.44. The molecule has 7 nitrogen and oxygen atoms in total. The van der Waals surface area contributed by atoms with Gasteiger partial charge >= 0.3 is 5.97 Å². The standard InChI is InChI=1S/C17H22N4O3/c1-10-6-13(7-14(11(10)2)17(23)24-5)20-16(22)15(18-3)12-8-19-21(4)9-12/h6-9,15,18H,1-5H3,(H,20,22). The molecular weight excluding hydrogens is 308 g/mol. The molecule has 0 spiro atoms. The molecule has 1 aromatic heterocycles. The van der Waals surface area contributed by atoms with Crippen molar-refractivity contribution >= 4 is 17.6 Å². The fraction of sp³-hybridized carbons (Fsp3) is 0.353. The van der Waals surface area contributed by atoms with Gasteiger partial charge in [-0.2, -0.15) is 5.10 Å². The van der Waals surface area contributed by atoms with E-state index in [0.717, 1.165) is 16.7 Å². The van der Waals surface area contributed by atoms with E-state index in [1.165, 1.54) is 7.11 Å². The minimum atomic E-state index is -0.540. The molecule has 1 aromatic carbocycles. The van der Waals surface area contributed by atoms with Crippen LogP contribution >= 0.6 is 0 Å². The zero-order chi connectivity index (χ0) is 17.9. The van der Waals surface area contributed by atoms with Crippen LogP contribution in [0.5, 0.6) is 0 Å². The van der Waals surface area contributed by atoms with Crippen LogP contribution in [-0.4, -0.2) is 35.8 Å². The zero-order valence-electron chi connectivity index (χ0n) is 14.5. The molecule has 0 saturated heterocycles. The molecule has 1 heterocycles. The van der Waals surface area contributed by atoms with Crippen molar-refractivity contribution in [1.82, 2.24) is 15.1 Å². The maximum atomic E-state index is 12.6. The Morgan fingerprint density at radius 1 is 1.29 bits per heavy atom. The Balaban J connectivity index is 2.28. The fourth-order valence-electron chi connectivity index (χ4n) is 2.51. The molecule has 0 bridgehead atoms. The second-order valence-corrected chi connectivity index (χ2v) is 5.62. The molecule has 2 aromatic rings. The summed E-state index contributed by atoms with van der Waals surface area (Å²) in [7, 11) is 4.83. The van der Waals surface area contributed by atoms with Crippen molar-refractivity contribution in [2.75, 3.05) is 19.5 Å². The predicted octanol–water partition coefficient (Wildman–Crippen LogP) is 1.72. The lowest BCUT2D eigenvalue weighted by Crippen LogP contribution is -2.30. The van der Waals surface area contributed by atoms with Crippen LogP contribution < -0.4 is 10.6 Å².